The number of carbonyl (C=O) groups is 1. The predicted molar refractivity (Wildman–Crippen MR) is 62.7 cm³/mol. The van der Waals surface area contributed by atoms with Gasteiger partial charge in [0.05, 0.1) is 11.0 Å². The minimum absolute atomic E-state index is 0.0862. The molecule has 0 unspecified atom stereocenters. The molecule has 0 saturated heterocycles. The van der Waals surface area contributed by atoms with Gasteiger partial charge in [-0.05, 0) is 25.0 Å². The Hall–Kier alpha value is -2.15. The van der Waals surface area contributed by atoms with Crippen LogP contribution in [0.5, 0.6) is 0 Å². The first-order valence-electron chi connectivity index (χ1n) is 5.43. The lowest BCUT2D eigenvalue weighted by molar-refractivity contribution is -0.385. The summed E-state index contributed by atoms with van der Waals surface area (Å²) in [6.45, 7) is 0. The number of nitro benzene ring substituents is 1. The minimum atomic E-state index is -1.33. The maximum Gasteiger partial charge on any atom is 0.342 e. The summed E-state index contributed by atoms with van der Waals surface area (Å²) in [5.74, 6) is -1.33. The van der Waals surface area contributed by atoms with Gasteiger partial charge in [0, 0.05) is 17.8 Å². The lowest BCUT2D eigenvalue weighted by atomic mass is 9.89. The van der Waals surface area contributed by atoms with Crippen LogP contribution in [-0.4, -0.2) is 33.3 Å². The van der Waals surface area contributed by atoms with E-state index in [9.17, 15) is 14.9 Å². The Balaban J connectivity index is 2.20. The van der Waals surface area contributed by atoms with Gasteiger partial charge >= 0.3 is 5.97 Å². The topological polar surface area (TPSA) is 113 Å². The summed E-state index contributed by atoms with van der Waals surface area (Å²) in [7, 11) is 0. The fraction of sp³-hybridized carbons (Fsp3) is 0.364. The molecule has 2 rings (SSSR count). The predicted octanol–water partition coefficient (Wildman–Crippen LogP) is 1.23. The maximum atomic E-state index is 10.9. The number of carboxylic acid groups (broad SMARTS) is 1. The van der Waals surface area contributed by atoms with Crippen molar-refractivity contribution in [3.8, 4) is 0 Å². The standard InChI is InChI=1S/C11H12N2O5/c14-8-3-7(4-8)12-6-1-2-10(13(17)18)9(5-6)11(15)16/h1-2,5,7-8,12,14H,3-4H2,(H,15,16). The normalized spacial score (nSPS) is 22.1. The molecule has 1 aliphatic rings. The number of anilines is 1. The van der Waals surface area contributed by atoms with Crippen molar-refractivity contribution in [3.63, 3.8) is 0 Å². The molecule has 1 aliphatic carbocycles. The van der Waals surface area contributed by atoms with Crippen LogP contribution in [0.25, 0.3) is 0 Å². The van der Waals surface area contributed by atoms with E-state index < -0.39 is 16.6 Å². The molecule has 0 spiro atoms. The smallest absolute Gasteiger partial charge is 0.342 e. The van der Waals surface area contributed by atoms with E-state index in [0.29, 0.717) is 18.5 Å². The molecule has 1 fully saturated rings. The molecule has 0 atom stereocenters. The molecule has 1 aromatic carbocycles. The number of hydrogen-bond acceptors (Lipinski definition) is 5. The molecule has 7 nitrogen and oxygen atoms in total. The second kappa shape index (κ2) is 4.61. The fourth-order valence-corrected chi connectivity index (χ4v) is 1.90. The first kappa shape index (κ1) is 12.3. The zero-order chi connectivity index (χ0) is 13.3. The zero-order valence-electron chi connectivity index (χ0n) is 9.37. The van der Waals surface area contributed by atoms with E-state index in [0.717, 1.165) is 0 Å². The Morgan fingerprint density at radius 3 is 2.61 bits per heavy atom. The molecule has 0 aromatic heterocycles. The monoisotopic (exact) mass is 252 g/mol. The lowest BCUT2D eigenvalue weighted by Gasteiger charge is -2.32. The van der Waals surface area contributed by atoms with Crippen molar-refractivity contribution < 1.29 is 19.9 Å². The van der Waals surface area contributed by atoms with Crippen LogP contribution in [0.2, 0.25) is 0 Å². The molecule has 0 aliphatic heterocycles. The summed E-state index contributed by atoms with van der Waals surface area (Å²) in [6.07, 6.45) is 0.873. The van der Waals surface area contributed by atoms with Crippen LogP contribution in [0.4, 0.5) is 11.4 Å². The number of aromatic carboxylic acids is 1. The van der Waals surface area contributed by atoms with Crippen LogP contribution in [-0.2, 0) is 0 Å². The molecule has 0 bridgehead atoms. The molecule has 0 amide bonds. The van der Waals surface area contributed by atoms with Crippen LogP contribution < -0.4 is 5.32 Å². The molecule has 96 valence electrons. The SMILES string of the molecule is O=C(O)c1cc(NC2CC(O)C2)ccc1[N+](=O)[O-]. The quantitative estimate of drug-likeness (QED) is 0.548. The Morgan fingerprint density at radius 1 is 1.44 bits per heavy atom. The number of nitrogens with one attached hydrogen (secondary N) is 1. The van der Waals surface area contributed by atoms with E-state index in [1.165, 1.54) is 18.2 Å². The number of nitro groups is 1. The van der Waals surface area contributed by atoms with Crippen molar-refractivity contribution in [3.05, 3.63) is 33.9 Å². The third-order valence-corrected chi connectivity index (χ3v) is 2.91. The summed E-state index contributed by atoms with van der Waals surface area (Å²) in [6, 6.07) is 3.96. The van der Waals surface area contributed by atoms with Gasteiger partial charge in [0.15, 0.2) is 0 Å². The average Bonchev–Trinajstić information content (AvgIpc) is 2.26. The molecule has 3 N–H and O–H groups in total. The largest absolute Gasteiger partial charge is 0.477 e. The van der Waals surface area contributed by atoms with E-state index in [-0.39, 0.29) is 17.7 Å². The van der Waals surface area contributed by atoms with Crippen LogP contribution in [0.1, 0.15) is 23.2 Å². The number of rotatable bonds is 4. The van der Waals surface area contributed by atoms with Crippen LogP contribution >= 0.6 is 0 Å². The molecule has 18 heavy (non-hydrogen) atoms. The van der Waals surface area contributed by atoms with Gasteiger partial charge in [0.2, 0.25) is 0 Å². The molecule has 0 radical (unpaired) electrons. The number of aliphatic hydroxyl groups is 1. The van der Waals surface area contributed by atoms with Crippen molar-refractivity contribution in [2.24, 2.45) is 0 Å². The number of nitrogens with zero attached hydrogens (tertiary/aromatic N) is 1. The highest BCUT2D eigenvalue weighted by atomic mass is 16.6. The van der Waals surface area contributed by atoms with Crippen LogP contribution in [0.15, 0.2) is 18.2 Å². The molecular formula is C11H12N2O5. The van der Waals surface area contributed by atoms with Crippen LogP contribution in [0, 0.1) is 10.1 Å². The highest BCUT2D eigenvalue weighted by Crippen LogP contribution is 2.27. The van der Waals surface area contributed by atoms with Gasteiger partial charge in [-0.25, -0.2) is 4.79 Å². The van der Waals surface area contributed by atoms with Gasteiger partial charge in [0.25, 0.3) is 5.69 Å². The lowest BCUT2D eigenvalue weighted by Crippen LogP contribution is -2.38. The molecule has 7 heteroatoms. The Bertz CT molecular complexity index is 496. The number of hydrogen-bond donors (Lipinski definition) is 3. The van der Waals surface area contributed by atoms with E-state index in [1.54, 1.807) is 0 Å². The summed E-state index contributed by atoms with van der Waals surface area (Å²) in [5, 5.41) is 31.7. The summed E-state index contributed by atoms with van der Waals surface area (Å²) >= 11 is 0. The van der Waals surface area contributed by atoms with Gasteiger partial charge in [0.1, 0.15) is 5.56 Å². The first-order chi connectivity index (χ1) is 8.47. The van der Waals surface area contributed by atoms with E-state index >= 15 is 0 Å². The highest BCUT2D eigenvalue weighted by molar-refractivity contribution is 5.93. The minimum Gasteiger partial charge on any atom is -0.477 e. The third-order valence-electron chi connectivity index (χ3n) is 2.91. The number of benzene rings is 1. The van der Waals surface area contributed by atoms with Gasteiger partial charge in [-0.3, -0.25) is 10.1 Å². The molecule has 0 heterocycles. The average molecular weight is 252 g/mol. The Labute approximate surface area is 102 Å². The van der Waals surface area contributed by atoms with Gasteiger partial charge < -0.3 is 15.5 Å². The highest BCUT2D eigenvalue weighted by Gasteiger charge is 2.27. The van der Waals surface area contributed by atoms with Gasteiger partial charge in [-0.1, -0.05) is 0 Å². The summed E-state index contributed by atoms with van der Waals surface area (Å²) < 4.78 is 0. The number of aliphatic hydroxyl groups excluding tert-OH is 1. The molecule has 1 aromatic rings. The maximum absolute atomic E-state index is 10.9. The molecular weight excluding hydrogens is 240 g/mol. The Morgan fingerprint density at radius 2 is 2.11 bits per heavy atom. The van der Waals surface area contributed by atoms with Crippen LogP contribution in [0.3, 0.4) is 0 Å². The first-order valence-corrected chi connectivity index (χ1v) is 5.43. The van der Waals surface area contributed by atoms with Gasteiger partial charge in [-0.2, -0.15) is 0 Å². The molecule has 1 saturated carbocycles. The van der Waals surface area contributed by atoms with Gasteiger partial charge in [-0.15, -0.1) is 0 Å². The van der Waals surface area contributed by atoms with E-state index in [2.05, 4.69) is 5.32 Å². The second-order valence-corrected chi connectivity index (χ2v) is 4.26. The van der Waals surface area contributed by atoms with Crippen molar-refractivity contribution in [2.45, 2.75) is 25.0 Å². The van der Waals surface area contributed by atoms with Crippen molar-refractivity contribution in [1.82, 2.24) is 0 Å². The Kier molecular flexibility index (Phi) is 3.15. The van der Waals surface area contributed by atoms with E-state index in [1.807, 2.05) is 0 Å². The summed E-state index contributed by atoms with van der Waals surface area (Å²) in [5.41, 5.74) is -0.263. The zero-order valence-corrected chi connectivity index (χ0v) is 9.37. The van der Waals surface area contributed by atoms with Crippen molar-refractivity contribution in [1.29, 1.82) is 0 Å². The number of carboxylic acids is 1. The van der Waals surface area contributed by atoms with Crippen molar-refractivity contribution in [2.75, 3.05) is 5.32 Å². The fourth-order valence-electron chi connectivity index (χ4n) is 1.90. The third kappa shape index (κ3) is 2.40. The second-order valence-electron chi connectivity index (χ2n) is 4.26. The van der Waals surface area contributed by atoms with E-state index in [4.69, 9.17) is 10.2 Å². The summed E-state index contributed by atoms with van der Waals surface area (Å²) in [4.78, 5) is 20.9. The van der Waals surface area contributed by atoms with Crippen molar-refractivity contribution >= 4 is 17.3 Å².